The molecular weight excluding hydrogens is 100 g/mol. The SMILES string of the molecule is [C-]#[N+]CN(C)C1CC1. The van der Waals surface area contributed by atoms with Gasteiger partial charge in [-0.2, -0.15) is 0 Å². The van der Waals surface area contributed by atoms with Crippen LogP contribution in [0.5, 0.6) is 0 Å². The molecule has 1 aliphatic carbocycles. The molecule has 44 valence electrons. The molecule has 0 atom stereocenters. The Balaban J connectivity index is 2.15. The summed E-state index contributed by atoms with van der Waals surface area (Å²) in [6, 6.07) is 0.740. The van der Waals surface area contributed by atoms with E-state index in [1.807, 2.05) is 7.05 Å². The van der Waals surface area contributed by atoms with Crippen LogP contribution in [0.3, 0.4) is 0 Å². The third-order valence-corrected chi connectivity index (χ3v) is 1.46. The largest absolute Gasteiger partial charge is 0.299 e. The summed E-state index contributed by atoms with van der Waals surface area (Å²) in [4.78, 5) is 5.38. The summed E-state index contributed by atoms with van der Waals surface area (Å²) in [5, 5.41) is 0. The van der Waals surface area contributed by atoms with Crippen molar-refractivity contribution in [2.24, 2.45) is 0 Å². The zero-order chi connectivity index (χ0) is 5.98. The highest BCUT2D eigenvalue weighted by Crippen LogP contribution is 2.24. The van der Waals surface area contributed by atoms with Crippen molar-refractivity contribution in [1.29, 1.82) is 0 Å². The lowest BCUT2D eigenvalue weighted by Gasteiger charge is -2.04. The van der Waals surface area contributed by atoms with Gasteiger partial charge in [0.15, 0.2) is 0 Å². The van der Waals surface area contributed by atoms with Gasteiger partial charge in [0, 0.05) is 6.04 Å². The Labute approximate surface area is 49.9 Å². The summed E-state index contributed by atoms with van der Waals surface area (Å²) >= 11 is 0. The minimum Gasteiger partial charge on any atom is -0.299 e. The van der Waals surface area contributed by atoms with Gasteiger partial charge in [0.2, 0.25) is 0 Å². The predicted octanol–water partition coefficient (Wildman–Crippen LogP) is 0.957. The highest BCUT2D eigenvalue weighted by molar-refractivity contribution is 4.83. The molecule has 0 amide bonds. The first-order valence-electron chi connectivity index (χ1n) is 2.88. The lowest BCUT2D eigenvalue weighted by molar-refractivity contribution is 0.359. The van der Waals surface area contributed by atoms with Crippen molar-refractivity contribution < 1.29 is 0 Å². The van der Waals surface area contributed by atoms with Gasteiger partial charge in [0.25, 0.3) is 6.67 Å². The molecule has 1 rings (SSSR count). The van der Waals surface area contributed by atoms with Crippen molar-refractivity contribution in [1.82, 2.24) is 4.90 Å². The van der Waals surface area contributed by atoms with E-state index in [0.717, 1.165) is 6.04 Å². The second-order valence-corrected chi connectivity index (χ2v) is 2.29. The van der Waals surface area contributed by atoms with Gasteiger partial charge >= 0.3 is 0 Å². The molecule has 0 unspecified atom stereocenters. The van der Waals surface area contributed by atoms with E-state index in [4.69, 9.17) is 6.57 Å². The summed E-state index contributed by atoms with van der Waals surface area (Å²) in [6.07, 6.45) is 2.60. The van der Waals surface area contributed by atoms with Gasteiger partial charge in [-0.25, -0.2) is 11.5 Å². The molecule has 0 aliphatic heterocycles. The van der Waals surface area contributed by atoms with E-state index >= 15 is 0 Å². The van der Waals surface area contributed by atoms with Crippen LogP contribution in [0.15, 0.2) is 0 Å². The van der Waals surface area contributed by atoms with Crippen molar-refractivity contribution in [2.75, 3.05) is 13.7 Å². The molecule has 1 saturated carbocycles. The average Bonchev–Trinajstić information content (AvgIpc) is 2.45. The maximum absolute atomic E-state index is 6.54. The minimum atomic E-state index is 0.574. The van der Waals surface area contributed by atoms with Crippen molar-refractivity contribution in [2.45, 2.75) is 18.9 Å². The standard InChI is InChI=1S/C6H10N2/c1-7-5-8(2)6-3-4-6/h6H,3-5H2,2H3. The summed E-state index contributed by atoms with van der Waals surface area (Å²) in [6.45, 7) is 7.11. The van der Waals surface area contributed by atoms with Crippen LogP contribution in [0.1, 0.15) is 12.8 Å². The van der Waals surface area contributed by atoms with Crippen LogP contribution in [-0.4, -0.2) is 24.7 Å². The van der Waals surface area contributed by atoms with Gasteiger partial charge in [-0.15, -0.1) is 0 Å². The Kier molecular flexibility index (Phi) is 1.50. The van der Waals surface area contributed by atoms with E-state index in [9.17, 15) is 0 Å². The third-order valence-electron chi connectivity index (χ3n) is 1.46. The quantitative estimate of drug-likeness (QED) is 0.480. The molecule has 1 aliphatic rings. The van der Waals surface area contributed by atoms with Gasteiger partial charge in [-0.05, 0) is 19.9 Å². The molecular formula is C6H10N2. The van der Waals surface area contributed by atoms with E-state index in [2.05, 4.69) is 9.74 Å². The van der Waals surface area contributed by atoms with Gasteiger partial charge in [0.05, 0.1) is 0 Å². The second-order valence-electron chi connectivity index (χ2n) is 2.29. The molecule has 0 aromatic carbocycles. The Morgan fingerprint density at radius 3 is 2.75 bits per heavy atom. The molecule has 0 heterocycles. The number of hydrogen-bond acceptors (Lipinski definition) is 1. The van der Waals surface area contributed by atoms with Crippen molar-refractivity contribution in [3.8, 4) is 0 Å². The predicted molar refractivity (Wildman–Crippen MR) is 32.3 cm³/mol. The van der Waals surface area contributed by atoms with Gasteiger partial charge in [-0.3, -0.25) is 4.85 Å². The van der Waals surface area contributed by atoms with Crippen LogP contribution in [0.2, 0.25) is 0 Å². The first-order valence-corrected chi connectivity index (χ1v) is 2.88. The maximum atomic E-state index is 6.54. The van der Waals surface area contributed by atoms with Crippen LogP contribution in [0, 0.1) is 6.57 Å². The van der Waals surface area contributed by atoms with Crippen molar-refractivity contribution in [3.63, 3.8) is 0 Å². The number of hydrogen-bond donors (Lipinski definition) is 0. The zero-order valence-electron chi connectivity index (χ0n) is 5.09. The number of nitrogens with zero attached hydrogens (tertiary/aromatic N) is 2. The Bertz CT molecular complexity index is 110. The first-order chi connectivity index (χ1) is 3.84. The van der Waals surface area contributed by atoms with Crippen LogP contribution in [0.25, 0.3) is 4.85 Å². The molecule has 0 spiro atoms. The molecule has 0 aromatic heterocycles. The lowest BCUT2D eigenvalue weighted by atomic mass is 10.6. The minimum absolute atomic E-state index is 0.574. The van der Waals surface area contributed by atoms with Gasteiger partial charge in [-0.1, -0.05) is 0 Å². The zero-order valence-corrected chi connectivity index (χ0v) is 5.09. The lowest BCUT2D eigenvalue weighted by Crippen LogP contribution is -2.19. The fourth-order valence-corrected chi connectivity index (χ4v) is 0.742. The Hall–Kier alpha value is -0.550. The highest BCUT2D eigenvalue weighted by atomic mass is 15.2. The molecule has 2 nitrogen and oxygen atoms in total. The topological polar surface area (TPSA) is 7.60 Å². The molecule has 0 saturated heterocycles. The summed E-state index contributed by atoms with van der Waals surface area (Å²) in [7, 11) is 2.01. The Morgan fingerprint density at radius 2 is 2.38 bits per heavy atom. The monoisotopic (exact) mass is 110 g/mol. The first kappa shape index (κ1) is 5.58. The van der Waals surface area contributed by atoms with Crippen LogP contribution >= 0.6 is 0 Å². The fourth-order valence-electron chi connectivity index (χ4n) is 0.742. The normalized spacial score (nSPS) is 18.6. The van der Waals surface area contributed by atoms with E-state index in [1.165, 1.54) is 12.8 Å². The molecule has 0 aromatic rings. The average molecular weight is 110 g/mol. The molecule has 0 N–H and O–H groups in total. The summed E-state index contributed by atoms with van der Waals surface area (Å²) in [5.74, 6) is 0. The van der Waals surface area contributed by atoms with E-state index in [-0.39, 0.29) is 0 Å². The molecule has 0 radical (unpaired) electrons. The van der Waals surface area contributed by atoms with Crippen molar-refractivity contribution in [3.05, 3.63) is 11.4 Å². The molecule has 8 heavy (non-hydrogen) atoms. The molecule has 0 bridgehead atoms. The van der Waals surface area contributed by atoms with E-state index < -0.39 is 0 Å². The second kappa shape index (κ2) is 2.15. The summed E-state index contributed by atoms with van der Waals surface area (Å²) in [5.41, 5.74) is 0. The van der Waals surface area contributed by atoms with Crippen LogP contribution in [-0.2, 0) is 0 Å². The molecule has 2 heteroatoms. The smallest absolute Gasteiger partial charge is 0.270 e. The maximum Gasteiger partial charge on any atom is 0.270 e. The Morgan fingerprint density at radius 1 is 1.75 bits per heavy atom. The number of rotatable bonds is 2. The van der Waals surface area contributed by atoms with Gasteiger partial charge in [0.1, 0.15) is 0 Å². The van der Waals surface area contributed by atoms with Crippen LogP contribution < -0.4 is 0 Å². The van der Waals surface area contributed by atoms with Crippen LogP contribution in [0.4, 0.5) is 0 Å². The molecule has 1 fully saturated rings. The van der Waals surface area contributed by atoms with Crippen molar-refractivity contribution >= 4 is 0 Å². The third kappa shape index (κ3) is 1.21. The highest BCUT2D eigenvalue weighted by Gasteiger charge is 2.26. The fraction of sp³-hybridized carbons (Fsp3) is 0.833. The summed E-state index contributed by atoms with van der Waals surface area (Å²) < 4.78 is 0. The van der Waals surface area contributed by atoms with Gasteiger partial charge < -0.3 is 0 Å². The van der Waals surface area contributed by atoms with E-state index in [0.29, 0.717) is 6.67 Å². The van der Waals surface area contributed by atoms with E-state index in [1.54, 1.807) is 0 Å².